The summed E-state index contributed by atoms with van der Waals surface area (Å²) in [6.45, 7) is 2.42. The fourth-order valence-electron chi connectivity index (χ4n) is 7.30. The van der Waals surface area contributed by atoms with Crippen molar-refractivity contribution in [2.24, 2.45) is 0 Å². The molecular formula is C45H46N8O6. The molecule has 4 N–H and O–H groups in total. The Labute approximate surface area is 342 Å². The van der Waals surface area contributed by atoms with Crippen LogP contribution in [0.1, 0.15) is 66.7 Å². The maximum Gasteiger partial charge on any atom is 0.407 e. The minimum Gasteiger partial charge on any atom is -0.453 e. The topological polar surface area (TPSA) is 175 Å². The maximum absolute atomic E-state index is 13.9. The van der Waals surface area contributed by atoms with Crippen molar-refractivity contribution in [3.05, 3.63) is 144 Å². The fourth-order valence-corrected chi connectivity index (χ4v) is 7.30. The van der Waals surface area contributed by atoms with Crippen molar-refractivity contribution in [2.75, 3.05) is 27.8 Å². The first-order valence-corrected chi connectivity index (χ1v) is 19.3. The third-order valence-corrected chi connectivity index (χ3v) is 10.7. The van der Waals surface area contributed by atoms with Crippen molar-refractivity contribution in [3.8, 4) is 33.6 Å². The maximum atomic E-state index is 13.9. The Morgan fingerprint density at radius 3 is 1.75 bits per heavy atom. The number of imidazole rings is 2. The average molecular weight is 795 g/mol. The van der Waals surface area contributed by atoms with Crippen LogP contribution in [0.2, 0.25) is 0 Å². The number of methoxy groups -OCH3 is 2. The highest BCUT2D eigenvalue weighted by atomic mass is 16.5. The van der Waals surface area contributed by atoms with Gasteiger partial charge in [0.2, 0.25) is 5.91 Å². The van der Waals surface area contributed by atoms with Crippen LogP contribution >= 0.6 is 0 Å². The molecule has 3 heterocycles. The third kappa shape index (κ3) is 8.86. The first kappa shape index (κ1) is 40.0. The Morgan fingerprint density at radius 2 is 1.19 bits per heavy atom. The number of rotatable bonds is 12. The van der Waals surface area contributed by atoms with Crippen molar-refractivity contribution in [2.45, 2.75) is 43.9 Å². The zero-order valence-corrected chi connectivity index (χ0v) is 33.2. The van der Waals surface area contributed by atoms with Gasteiger partial charge in [0.1, 0.15) is 23.7 Å². The number of alkyl carbamates (subject to hydrolysis) is 2. The standard InChI is InChI=1S/C45H46N8O6/c1-28(52(2)42(54)38(50-44(56)58-3)33-12-7-5-8-13-33)40-46-26-35(48-40)31-21-17-29(18-22-31)30-19-23-32(24-20-30)36-27-47-41(49-36)37-16-11-25-53(37)43(55)39(51-45(57)59-4)34-14-9-6-10-15-34/h5-10,12-15,17-24,26-28,37-39H,11,16,25H2,1-4H3,(H,46,48)(H,47,49)(H,50,56)(H,51,57)/t28-,37-,38?,39+/m0/s1. The van der Waals surface area contributed by atoms with Gasteiger partial charge >= 0.3 is 12.2 Å². The molecule has 4 atom stereocenters. The van der Waals surface area contributed by atoms with Gasteiger partial charge in [0.25, 0.3) is 5.91 Å². The molecule has 0 spiro atoms. The van der Waals surface area contributed by atoms with Gasteiger partial charge in [0, 0.05) is 37.1 Å². The summed E-state index contributed by atoms with van der Waals surface area (Å²) >= 11 is 0. The van der Waals surface area contributed by atoms with Gasteiger partial charge in [0.15, 0.2) is 0 Å². The van der Waals surface area contributed by atoms with Crippen LogP contribution in [0.3, 0.4) is 0 Å². The van der Waals surface area contributed by atoms with Crippen LogP contribution in [0.4, 0.5) is 9.59 Å². The van der Waals surface area contributed by atoms with Crippen molar-refractivity contribution in [3.63, 3.8) is 0 Å². The van der Waals surface area contributed by atoms with Gasteiger partial charge in [-0.25, -0.2) is 19.6 Å². The van der Waals surface area contributed by atoms with Gasteiger partial charge in [0.05, 0.1) is 37.7 Å². The van der Waals surface area contributed by atoms with E-state index in [1.54, 1.807) is 29.0 Å². The largest absolute Gasteiger partial charge is 0.453 e. The lowest BCUT2D eigenvalue weighted by Crippen LogP contribution is -2.42. The van der Waals surface area contributed by atoms with E-state index in [9.17, 15) is 19.2 Å². The summed E-state index contributed by atoms with van der Waals surface area (Å²) in [4.78, 5) is 71.4. The van der Waals surface area contributed by atoms with E-state index in [0.29, 0.717) is 29.3 Å². The molecular weight excluding hydrogens is 749 g/mol. The minimum absolute atomic E-state index is 0.220. The number of H-pyrrole nitrogens is 2. The lowest BCUT2D eigenvalue weighted by atomic mass is 10.0. The van der Waals surface area contributed by atoms with Gasteiger partial charge in [-0.2, -0.15) is 0 Å². The zero-order valence-electron chi connectivity index (χ0n) is 33.2. The molecule has 0 bridgehead atoms. The smallest absolute Gasteiger partial charge is 0.407 e. The molecule has 0 radical (unpaired) electrons. The summed E-state index contributed by atoms with van der Waals surface area (Å²) in [5.74, 6) is 0.756. The molecule has 6 aromatic rings. The first-order chi connectivity index (χ1) is 28.6. The third-order valence-electron chi connectivity index (χ3n) is 10.7. The highest BCUT2D eigenvalue weighted by Gasteiger charge is 2.37. The molecule has 1 aliphatic heterocycles. The zero-order chi connectivity index (χ0) is 41.5. The van der Waals surface area contributed by atoms with Gasteiger partial charge in [-0.1, -0.05) is 109 Å². The molecule has 1 aliphatic rings. The monoisotopic (exact) mass is 794 g/mol. The summed E-state index contributed by atoms with van der Waals surface area (Å²) < 4.78 is 9.60. The molecule has 14 nitrogen and oxygen atoms in total. The number of hydrogen-bond donors (Lipinski definition) is 4. The molecule has 4 amide bonds. The number of likely N-dealkylation sites (tertiary alicyclic amines) is 1. The van der Waals surface area contributed by atoms with Crippen molar-refractivity contribution < 1.29 is 28.7 Å². The number of carbonyl (C=O) groups excluding carboxylic acids is 4. The molecule has 1 saturated heterocycles. The summed E-state index contributed by atoms with van der Waals surface area (Å²) in [5.41, 5.74) is 6.69. The van der Waals surface area contributed by atoms with Gasteiger partial charge < -0.3 is 39.9 Å². The van der Waals surface area contributed by atoms with Crippen molar-refractivity contribution in [1.29, 1.82) is 0 Å². The molecule has 302 valence electrons. The molecule has 0 aliphatic carbocycles. The number of aromatic amines is 2. The highest BCUT2D eigenvalue weighted by Crippen LogP contribution is 2.35. The number of likely N-dealkylation sites (N-methyl/N-ethyl adjacent to an activating group) is 1. The minimum atomic E-state index is -0.929. The van der Waals surface area contributed by atoms with E-state index in [1.165, 1.54) is 14.2 Å². The Bertz CT molecular complexity index is 2380. The second-order valence-corrected chi connectivity index (χ2v) is 14.3. The number of ether oxygens (including phenoxy) is 2. The Morgan fingerprint density at radius 1 is 0.695 bits per heavy atom. The second kappa shape index (κ2) is 17.9. The predicted molar refractivity (Wildman–Crippen MR) is 221 cm³/mol. The Hall–Kier alpha value is -7.22. The molecule has 59 heavy (non-hydrogen) atoms. The van der Waals surface area contributed by atoms with E-state index in [1.807, 2.05) is 116 Å². The normalized spacial score (nSPS) is 15.1. The summed E-state index contributed by atoms with van der Waals surface area (Å²) in [6, 6.07) is 31.9. The molecule has 4 aromatic carbocycles. The molecule has 1 unspecified atom stereocenters. The summed E-state index contributed by atoms with van der Waals surface area (Å²) in [6.07, 6.45) is 3.85. The van der Waals surface area contributed by atoms with Crippen LogP contribution in [0.25, 0.3) is 33.6 Å². The van der Waals surface area contributed by atoms with Crippen LogP contribution in [-0.4, -0.2) is 81.5 Å². The van der Waals surface area contributed by atoms with E-state index >= 15 is 0 Å². The lowest BCUT2D eigenvalue weighted by molar-refractivity contribution is -0.135. The van der Waals surface area contributed by atoms with Crippen LogP contribution in [0.5, 0.6) is 0 Å². The number of carbonyl (C=O) groups is 4. The van der Waals surface area contributed by atoms with E-state index in [0.717, 1.165) is 46.5 Å². The second-order valence-electron chi connectivity index (χ2n) is 14.3. The molecule has 0 saturated carbocycles. The molecule has 2 aromatic heterocycles. The fraction of sp³-hybridized carbons (Fsp3) is 0.244. The van der Waals surface area contributed by atoms with Crippen molar-refractivity contribution >= 4 is 24.0 Å². The number of aromatic nitrogens is 4. The van der Waals surface area contributed by atoms with Gasteiger partial charge in [-0.15, -0.1) is 0 Å². The Balaban J connectivity index is 1.00. The highest BCUT2D eigenvalue weighted by molar-refractivity contribution is 5.88. The predicted octanol–water partition coefficient (Wildman–Crippen LogP) is 7.51. The van der Waals surface area contributed by atoms with E-state index in [2.05, 4.69) is 20.6 Å². The van der Waals surface area contributed by atoms with Crippen LogP contribution in [0, 0.1) is 0 Å². The van der Waals surface area contributed by atoms with E-state index < -0.39 is 30.3 Å². The van der Waals surface area contributed by atoms with Crippen LogP contribution in [0.15, 0.2) is 122 Å². The molecule has 14 heteroatoms. The van der Waals surface area contributed by atoms with Gasteiger partial charge in [-0.05, 0) is 42.0 Å². The first-order valence-electron chi connectivity index (χ1n) is 19.3. The molecule has 7 rings (SSSR count). The Kier molecular flexibility index (Phi) is 12.2. The van der Waals surface area contributed by atoms with Crippen LogP contribution < -0.4 is 10.6 Å². The number of nitrogens with zero attached hydrogens (tertiary/aromatic N) is 4. The SMILES string of the molecule is COC(=O)NC(C(=O)N(C)[C@@H](C)c1nc(-c2ccc(-c3ccc(-c4c[nH]c([C@@H]5CCCN5C(=O)[C@H](NC(=O)OC)c5ccccc5)n4)cc3)cc2)c[nH]1)c1ccccc1. The van der Waals surface area contributed by atoms with E-state index in [-0.39, 0.29) is 17.9 Å². The number of hydrogen-bond acceptors (Lipinski definition) is 8. The van der Waals surface area contributed by atoms with E-state index in [4.69, 9.17) is 19.4 Å². The summed E-state index contributed by atoms with van der Waals surface area (Å²) in [7, 11) is 4.21. The van der Waals surface area contributed by atoms with Crippen LogP contribution in [-0.2, 0) is 19.1 Å². The lowest BCUT2D eigenvalue weighted by Gasteiger charge is -2.28. The summed E-state index contributed by atoms with van der Waals surface area (Å²) in [5, 5.41) is 5.35. The van der Waals surface area contributed by atoms with Crippen molar-refractivity contribution in [1.82, 2.24) is 40.4 Å². The quantitative estimate of drug-likeness (QED) is 0.0985. The average Bonchev–Trinajstić information content (AvgIpc) is 4.09. The number of amides is 4. The number of benzene rings is 4. The van der Waals surface area contributed by atoms with Gasteiger partial charge in [-0.3, -0.25) is 9.59 Å². The molecule has 1 fully saturated rings. The number of nitrogens with one attached hydrogen (secondary N) is 4.